The Morgan fingerprint density at radius 1 is 1.12 bits per heavy atom. The summed E-state index contributed by atoms with van der Waals surface area (Å²) in [5.41, 5.74) is 0. The SMILES string of the molecule is CCNC(CCOCCOC)CC(C)CC. The van der Waals surface area contributed by atoms with Crippen LogP contribution in [0.2, 0.25) is 0 Å². The van der Waals surface area contributed by atoms with Crippen LogP contribution in [-0.2, 0) is 9.47 Å². The second kappa shape index (κ2) is 11.4. The molecule has 0 aliphatic rings. The van der Waals surface area contributed by atoms with Crippen LogP contribution in [-0.4, -0.2) is 39.5 Å². The predicted octanol–water partition coefficient (Wildman–Crippen LogP) is 2.45. The van der Waals surface area contributed by atoms with Crippen LogP contribution in [0.4, 0.5) is 0 Å². The van der Waals surface area contributed by atoms with Crippen molar-refractivity contribution in [1.82, 2.24) is 5.32 Å². The molecule has 0 amide bonds. The van der Waals surface area contributed by atoms with Gasteiger partial charge in [-0.1, -0.05) is 27.2 Å². The van der Waals surface area contributed by atoms with Crippen molar-refractivity contribution in [3.05, 3.63) is 0 Å². The van der Waals surface area contributed by atoms with Gasteiger partial charge in [-0.05, 0) is 25.3 Å². The molecule has 3 nitrogen and oxygen atoms in total. The molecule has 3 heteroatoms. The Hall–Kier alpha value is -0.120. The third-order valence-electron chi connectivity index (χ3n) is 2.92. The van der Waals surface area contributed by atoms with Crippen LogP contribution >= 0.6 is 0 Å². The van der Waals surface area contributed by atoms with Crippen molar-refractivity contribution in [2.24, 2.45) is 5.92 Å². The monoisotopic (exact) mass is 231 g/mol. The summed E-state index contributed by atoms with van der Waals surface area (Å²) in [6.07, 6.45) is 3.60. The summed E-state index contributed by atoms with van der Waals surface area (Å²) in [4.78, 5) is 0. The van der Waals surface area contributed by atoms with Gasteiger partial charge in [0.05, 0.1) is 13.2 Å². The van der Waals surface area contributed by atoms with Crippen molar-refractivity contribution in [3.8, 4) is 0 Å². The van der Waals surface area contributed by atoms with Gasteiger partial charge in [-0.2, -0.15) is 0 Å². The van der Waals surface area contributed by atoms with Gasteiger partial charge in [-0.25, -0.2) is 0 Å². The summed E-state index contributed by atoms with van der Waals surface area (Å²) in [5, 5.41) is 3.53. The Morgan fingerprint density at radius 2 is 1.88 bits per heavy atom. The summed E-state index contributed by atoms with van der Waals surface area (Å²) in [6, 6.07) is 0.600. The van der Waals surface area contributed by atoms with E-state index < -0.39 is 0 Å². The molecule has 0 aromatic carbocycles. The van der Waals surface area contributed by atoms with E-state index in [1.54, 1.807) is 7.11 Å². The Balaban J connectivity index is 3.59. The first kappa shape index (κ1) is 15.9. The molecule has 2 atom stereocenters. The fourth-order valence-electron chi connectivity index (χ4n) is 1.71. The van der Waals surface area contributed by atoms with Crippen LogP contribution in [0, 0.1) is 5.92 Å². The predicted molar refractivity (Wildman–Crippen MR) is 68.8 cm³/mol. The van der Waals surface area contributed by atoms with Gasteiger partial charge in [0.2, 0.25) is 0 Å². The molecule has 0 rings (SSSR count). The van der Waals surface area contributed by atoms with E-state index in [9.17, 15) is 0 Å². The molecule has 0 saturated heterocycles. The summed E-state index contributed by atoms with van der Waals surface area (Å²) in [7, 11) is 1.70. The van der Waals surface area contributed by atoms with E-state index in [1.165, 1.54) is 12.8 Å². The molecule has 0 bridgehead atoms. The molecule has 16 heavy (non-hydrogen) atoms. The molecule has 98 valence electrons. The van der Waals surface area contributed by atoms with Crippen LogP contribution in [0.1, 0.15) is 40.0 Å². The van der Waals surface area contributed by atoms with E-state index in [0.29, 0.717) is 19.3 Å². The standard InChI is InChI=1S/C13H29NO2/c1-5-12(3)11-13(14-6-2)7-8-16-10-9-15-4/h12-14H,5-11H2,1-4H3. The van der Waals surface area contributed by atoms with E-state index >= 15 is 0 Å². The summed E-state index contributed by atoms with van der Waals surface area (Å²) in [6.45, 7) is 10.0. The van der Waals surface area contributed by atoms with E-state index in [0.717, 1.165) is 25.5 Å². The highest BCUT2D eigenvalue weighted by molar-refractivity contribution is 4.68. The molecule has 0 aromatic heterocycles. The quantitative estimate of drug-likeness (QED) is 0.554. The maximum atomic E-state index is 5.50. The Labute approximate surface area is 101 Å². The highest BCUT2D eigenvalue weighted by atomic mass is 16.5. The largest absolute Gasteiger partial charge is 0.382 e. The number of nitrogens with one attached hydrogen (secondary N) is 1. The first-order chi connectivity index (χ1) is 7.74. The lowest BCUT2D eigenvalue weighted by molar-refractivity contribution is 0.0648. The Bertz CT molecular complexity index is 142. The summed E-state index contributed by atoms with van der Waals surface area (Å²) in [5.74, 6) is 0.794. The van der Waals surface area contributed by atoms with Crippen LogP contribution in [0.5, 0.6) is 0 Å². The lowest BCUT2D eigenvalue weighted by Gasteiger charge is -2.21. The van der Waals surface area contributed by atoms with Gasteiger partial charge < -0.3 is 14.8 Å². The van der Waals surface area contributed by atoms with E-state index in [4.69, 9.17) is 9.47 Å². The molecule has 2 unspecified atom stereocenters. The van der Waals surface area contributed by atoms with Gasteiger partial charge in [0.1, 0.15) is 0 Å². The molecule has 0 radical (unpaired) electrons. The van der Waals surface area contributed by atoms with E-state index in [1.807, 2.05) is 0 Å². The van der Waals surface area contributed by atoms with Gasteiger partial charge in [0.25, 0.3) is 0 Å². The first-order valence-corrected chi connectivity index (χ1v) is 6.54. The van der Waals surface area contributed by atoms with Crippen molar-refractivity contribution in [3.63, 3.8) is 0 Å². The Kier molecular flexibility index (Phi) is 11.3. The molecule has 0 spiro atoms. The maximum absolute atomic E-state index is 5.50. The van der Waals surface area contributed by atoms with E-state index in [-0.39, 0.29) is 0 Å². The molecule has 0 aliphatic carbocycles. The number of ether oxygens (including phenoxy) is 2. The smallest absolute Gasteiger partial charge is 0.0700 e. The summed E-state index contributed by atoms with van der Waals surface area (Å²) >= 11 is 0. The topological polar surface area (TPSA) is 30.5 Å². The second-order valence-electron chi connectivity index (χ2n) is 4.40. The van der Waals surface area contributed by atoms with E-state index in [2.05, 4.69) is 26.1 Å². The molecule has 0 saturated carbocycles. The molecule has 0 aliphatic heterocycles. The second-order valence-corrected chi connectivity index (χ2v) is 4.40. The van der Waals surface area contributed by atoms with Crippen molar-refractivity contribution in [2.75, 3.05) is 33.5 Å². The minimum Gasteiger partial charge on any atom is -0.382 e. The molecular formula is C13H29NO2. The number of rotatable bonds is 11. The van der Waals surface area contributed by atoms with Gasteiger partial charge in [0, 0.05) is 19.8 Å². The fourth-order valence-corrected chi connectivity index (χ4v) is 1.71. The molecule has 0 fully saturated rings. The zero-order valence-corrected chi connectivity index (χ0v) is 11.4. The Morgan fingerprint density at radius 3 is 2.44 bits per heavy atom. The number of hydrogen-bond donors (Lipinski definition) is 1. The van der Waals surface area contributed by atoms with Crippen LogP contribution < -0.4 is 5.32 Å². The minimum absolute atomic E-state index is 0.600. The molecule has 1 N–H and O–H groups in total. The normalized spacial score (nSPS) is 15.0. The minimum atomic E-state index is 0.600. The lowest BCUT2D eigenvalue weighted by Crippen LogP contribution is -2.31. The highest BCUT2D eigenvalue weighted by Gasteiger charge is 2.10. The first-order valence-electron chi connectivity index (χ1n) is 6.54. The average molecular weight is 231 g/mol. The summed E-state index contributed by atoms with van der Waals surface area (Å²) < 4.78 is 10.4. The fraction of sp³-hybridized carbons (Fsp3) is 1.00. The number of methoxy groups -OCH3 is 1. The number of hydrogen-bond acceptors (Lipinski definition) is 3. The van der Waals surface area contributed by atoms with Gasteiger partial charge >= 0.3 is 0 Å². The average Bonchev–Trinajstić information content (AvgIpc) is 2.28. The van der Waals surface area contributed by atoms with Gasteiger partial charge in [-0.3, -0.25) is 0 Å². The lowest BCUT2D eigenvalue weighted by atomic mass is 9.97. The third kappa shape index (κ3) is 9.13. The highest BCUT2D eigenvalue weighted by Crippen LogP contribution is 2.12. The van der Waals surface area contributed by atoms with Gasteiger partial charge in [-0.15, -0.1) is 0 Å². The molecule has 0 heterocycles. The zero-order chi connectivity index (χ0) is 12.2. The van der Waals surface area contributed by atoms with Crippen LogP contribution in [0.15, 0.2) is 0 Å². The van der Waals surface area contributed by atoms with Crippen LogP contribution in [0.3, 0.4) is 0 Å². The van der Waals surface area contributed by atoms with Crippen LogP contribution in [0.25, 0.3) is 0 Å². The third-order valence-corrected chi connectivity index (χ3v) is 2.92. The van der Waals surface area contributed by atoms with Crippen molar-refractivity contribution in [2.45, 2.75) is 46.1 Å². The van der Waals surface area contributed by atoms with Crippen molar-refractivity contribution < 1.29 is 9.47 Å². The maximum Gasteiger partial charge on any atom is 0.0700 e. The zero-order valence-electron chi connectivity index (χ0n) is 11.4. The van der Waals surface area contributed by atoms with Gasteiger partial charge in [0.15, 0.2) is 0 Å². The van der Waals surface area contributed by atoms with Crippen molar-refractivity contribution >= 4 is 0 Å². The molecule has 0 aromatic rings. The molecular weight excluding hydrogens is 202 g/mol. The van der Waals surface area contributed by atoms with Crippen molar-refractivity contribution in [1.29, 1.82) is 0 Å².